The summed E-state index contributed by atoms with van der Waals surface area (Å²) in [7, 11) is 0. The van der Waals surface area contributed by atoms with Crippen LogP contribution in [0, 0.1) is 5.92 Å². The van der Waals surface area contributed by atoms with Gasteiger partial charge in [-0.05, 0) is 6.42 Å². The van der Waals surface area contributed by atoms with Crippen molar-refractivity contribution in [3.8, 4) is 0 Å². The quantitative estimate of drug-likeness (QED) is 0.637. The Balaban J connectivity index is 2.29. The first kappa shape index (κ1) is 8.39. The summed E-state index contributed by atoms with van der Waals surface area (Å²) in [6, 6.07) is -1.15. The Morgan fingerprint density at radius 2 is 2.27 bits per heavy atom. The van der Waals surface area contributed by atoms with Gasteiger partial charge in [0.25, 0.3) is 5.92 Å². The van der Waals surface area contributed by atoms with Gasteiger partial charge in [-0.15, -0.1) is 0 Å². The Morgan fingerprint density at radius 1 is 1.82 bits per heavy atom. The van der Waals surface area contributed by atoms with E-state index in [-0.39, 0.29) is 12.8 Å². The molecule has 3 N–H and O–H groups in total. The van der Waals surface area contributed by atoms with E-state index in [9.17, 15) is 13.6 Å². The average Bonchev–Trinajstić information content (AvgIpc) is 2.39. The van der Waals surface area contributed by atoms with E-state index in [4.69, 9.17) is 10.8 Å². The number of carboxylic acids is 1. The van der Waals surface area contributed by atoms with Crippen molar-refractivity contribution in [2.45, 2.75) is 24.8 Å². The van der Waals surface area contributed by atoms with Crippen LogP contribution in [0.1, 0.15) is 12.8 Å². The molecule has 0 bridgehead atoms. The molecular formula is C6H9F2NO2. The summed E-state index contributed by atoms with van der Waals surface area (Å²) < 4.78 is 24.3. The lowest BCUT2D eigenvalue weighted by molar-refractivity contribution is -0.138. The first-order valence-corrected chi connectivity index (χ1v) is 3.29. The topological polar surface area (TPSA) is 63.3 Å². The van der Waals surface area contributed by atoms with E-state index in [0.29, 0.717) is 0 Å². The zero-order chi connectivity index (χ0) is 8.65. The van der Waals surface area contributed by atoms with E-state index >= 15 is 0 Å². The fourth-order valence-corrected chi connectivity index (χ4v) is 0.933. The van der Waals surface area contributed by atoms with Gasteiger partial charge >= 0.3 is 5.97 Å². The van der Waals surface area contributed by atoms with Gasteiger partial charge in [0, 0.05) is 12.3 Å². The molecule has 1 aliphatic rings. The molecule has 1 fully saturated rings. The Bertz CT molecular complexity index is 183. The Hall–Kier alpha value is -0.710. The third kappa shape index (κ3) is 1.86. The van der Waals surface area contributed by atoms with Crippen molar-refractivity contribution in [3.63, 3.8) is 0 Å². The fourth-order valence-electron chi connectivity index (χ4n) is 0.933. The molecule has 1 aliphatic carbocycles. The number of carboxylic acid groups (broad SMARTS) is 1. The molecule has 1 rings (SSSR count). The molecule has 0 aliphatic heterocycles. The number of aliphatic carboxylic acids is 1. The third-order valence-corrected chi connectivity index (χ3v) is 1.81. The molecule has 0 radical (unpaired) electrons. The molecule has 0 heterocycles. The summed E-state index contributed by atoms with van der Waals surface area (Å²) in [6.07, 6.45) is -0.337. The standard InChI is InChI=1S/C6H9F2NO2/c7-6(8)2-3(6)1-4(9)5(10)11/h3-4H,1-2,9H2,(H,10,11)/t3?,4-/m0/s1. The van der Waals surface area contributed by atoms with Crippen LogP contribution in [0.15, 0.2) is 0 Å². The van der Waals surface area contributed by atoms with Crippen molar-refractivity contribution >= 4 is 5.97 Å². The van der Waals surface area contributed by atoms with Crippen molar-refractivity contribution in [2.75, 3.05) is 0 Å². The minimum Gasteiger partial charge on any atom is -0.480 e. The van der Waals surface area contributed by atoms with Crippen LogP contribution in [0.5, 0.6) is 0 Å². The molecule has 11 heavy (non-hydrogen) atoms. The van der Waals surface area contributed by atoms with Crippen LogP contribution in [-0.2, 0) is 4.79 Å². The third-order valence-electron chi connectivity index (χ3n) is 1.81. The van der Waals surface area contributed by atoms with Crippen LogP contribution < -0.4 is 5.73 Å². The lowest BCUT2D eigenvalue weighted by Crippen LogP contribution is -2.31. The molecule has 64 valence electrons. The van der Waals surface area contributed by atoms with Crippen LogP contribution in [0.2, 0.25) is 0 Å². The second-order valence-electron chi connectivity index (χ2n) is 2.84. The van der Waals surface area contributed by atoms with Crippen LogP contribution in [0.3, 0.4) is 0 Å². The summed E-state index contributed by atoms with van der Waals surface area (Å²) in [6.45, 7) is 0. The van der Waals surface area contributed by atoms with Crippen LogP contribution >= 0.6 is 0 Å². The predicted molar refractivity (Wildman–Crippen MR) is 33.3 cm³/mol. The highest BCUT2D eigenvalue weighted by Crippen LogP contribution is 2.50. The minimum absolute atomic E-state index is 0.123. The van der Waals surface area contributed by atoms with Gasteiger partial charge in [0.1, 0.15) is 6.04 Å². The number of hydrogen-bond donors (Lipinski definition) is 2. The van der Waals surface area contributed by atoms with E-state index in [1.54, 1.807) is 0 Å². The number of halogens is 2. The Labute approximate surface area is 62.2 Å². The second kappa shape index (κ2) is 2.41. The molecule has 1 saturated carbocycles. The molecule has 0 aromatic heterocycles. The molecule has 0 amide bonds. The van der Waals surface area contributed by atoms with Crippen LogP contribution in [0.4, 0.5) is 8.78 Å². The SMILES string of the molecule is N[C@@H](CC1CC1(F)F)C(=O)O. The smallest absolute Gasteiger partial charge is 0.320 e. The van der Waals surface area contributed by atoms with Crippen molar-refractivity contribution < 1.29 is 18.7 Å². The van der Waals surface area contributed by atoms with Gasteiger partial charge in [-0.3, -0.25) is 4.79 Å². The van der Waals surface area contributed by atoms with Gasteiger partial charge < -0.3 is 10.8 Å². The normalized spacial score (nSPS) is 29.5. The number of alkyl halides is 2. The highest BCUT2D eigenvalue weighted by Gasteiger charge is 2.57. The number of hydrogen-bond acceptors (Lipinski definition) is 2. The molecular weight excluding hydrogens is 156 g/mol. The largest absolute Gasteiger partial charge is 0.480 e. The predicted octanol–water partition coefficient (Wildman–Crippen LogP) is 0.444. The zero-order valence-corrected chi connectivity index (χ0v) is 5.76. The highest BCUT2D eigenvalue weighted by molar-refractivity contribution is 5.73. The zero-order valence-electron chi connectivity index (χ0n) is 5.76. The van der Waals surface area contributed by atoms with E-state index in [1.165, 1.54) is 0 Å². The van der Waals surface area contributed by atoms with Gasteiger partial charge in [-0.25, -0.2) is 8.78 Å². The van der Waals surface area contributed by atoms with Crippen LogP contribution in [-0.4, -0.2) is 23.0 Å². The summed E-state index contributed by atoms with van der Waals surface area (Å²) in [5.74, 6) is -4.69. The van der Waals surface area contributed by atoms with Crippen molar-refractivity contribution in [2.24, 2.45) is 11.7 Å². The van der Waals surface area contributed by atoms with Gasteiger partial charge in [0.15, 0.2) is 0 Å². The van der Waals surface area contributed by atoms with Crippen LogP contribution in [0.25, 0.3) is 0 Å². The van der Waals surface area contributed by atoms with Gasteiger partial charge in [0.2, 0.25) is 0 Å². The number of nitrogens with two attached hydrogens (primary N) is 1. The fraction of sp³-hybridized carbons (Fsp3) is 0.833. The number of carbonyl (C=O) groups is 1. The lowest BCUT2D eigenvalue weighted by Gasteiger charge is -2.03. The molecule has 0 saturated heterocycles. The maximum Gasteiger partial charge on any atom is 0.320 e. The molecule has 0 spiro atoms. The first-order valence-electron chi connectivity index (χ1n) is 3.29. The van der Waals surface area contributed by atoms with Gasteiger partial charge in [0.05, 0.1) is 0 Å². The summed E-state index contributed by atoms with van der Waals surface area (Å²) >= 11 is 0. The summed E-state index contributed by atoms with van der Waals surface area (Å²) in [4.78, 5) is 10.1. The summed E-state index contributed by atoms with van der Waals surface area (Å²) in [5, 5.41) is 8.26. The average molecular weight is 165 g/mol. The molecule has 3 nitrogen and oxygen atoms in total. The van der Waals surface area contributed by atoms with Gasteiger partial charge in [-0.1, -0.05) is 0 Å². The van der Waals surface area contributed by atoms with Crippen molar-refractivity contribution in [1.29, 1.82) is 0 Å². The lowest BCUT2D eigenvalue weighted by atomic mass is 10.1. The Morgan fingerprint density at radius 3 is 2.55 bits per heavy atom. The minimum atomic E-state index is -2.66. The summed E-state index contributed by atoms with van der Waals surface area (Å²) in [5.41, 5.74) is 5.05. The van der Waals surface area contributed by atoms with Crippen molar-refractivity contribution in [1.82, 2.24) is 0 Å². The van der Waals surface area contributed by atoms with E-state index in [1.807, 2.05) is 0 Å². The first-order chi connectivity index (χ1) is 4.93. The number of rotatable bonds is 3. The van der Waals surface area contributed by atoms with Gasteiger partial charge in [-0.2, -0.15) is 0 Å². The molecule has 0 aromatic carbocycles. The molecule has 5 heteroatoms. The second-order valence-corrected chi connectivity index (χ2v) is 2.84. The molecule has 2 atom stereocenters. The van der Waals surface area contributed by atoms with Crippen molar-refractivity contribution in [3.05, 3.63) is 0 Å². The highest BCUT2D eigenvalue weighted by atomic mass is 19.3. The monoisotopic (exact) mass is 165 g/mol. The maximum absolute atomic E-state index is 12.2. The van der Waals surface area contributed by atoms with E-state index in [2.05, 4.69) is 0 Å². The van der Waals surface area contributed by atoms with E-state index < -0.39 is 23.9 Å². The molecule has 0 aromatic rings. The van der Waals surface area contributed by atoms with E-state index in [0.717, 1.165) is 0 Å². The maximum atomic E-state index is 12.2. The molecule has 1 unspecified atom stereocenters. The Kier molecular flexibility index (Phi) is 1.83.